The van der Waals surface area contributed by atoms with E-state index >= 15 is 0 Å². The Kier molecular flexibility index (Phi) is 67.2. The molecule has 0 spiro atoms. The van der Waals surface area contributed by atoms with E-state index in [1.54, 1.807) is 0 Å². The number of rotatable bonds is 80. The predicted octanol–water partition coefficient (Wildman–Crippen LogP) is -3.81. The molecule has 0 saturated carbocycles. The van der Waals surface area contributed by atoms with Crippen LogP contribution in [0.15, 0.2) is 0 Å². The summed E-state index contributed by atoms with van der Waals surface area (Å²) in [5.74, 6) is -3.58. The maximum Gasteiger partial charge on any atom is 0.471 e. The Balaban J connectivity index is 1.52. The smallest absolute Gasteiger partial charge is 0.394 e. The van der Waals surface area contributed by atoms with Crippen molar-refractivity contribution in [2.75, 3.05) is 198 Å². The van der Waals surface area contributed by atoms with Crippen LogP contribution >= 0.6 is 7.82 Å². The molecule has 47 heteroatoms. The van der Waals surface area contributed by atoms with E-state index in [1.165, 1.54) is 20.8 Å². The number of hydrogen-bond acceptors (Lipinski definition) is 36. The van der Waals surface area contributed by atoms with Crippen LogP contribution in [0.3, 0.4) is 0 Å². The Hall–Kier alpha value is -5.62. The third-order valence-corrected chi connectivity index (χ3v) is 21.4. The molecule has 0 bridgehead atoms. The molecule has 3 aliphatic rings. The van der Waals surface area contributed by atoms with E-state index in [1.807, 2.05) is 0 Å². The Morgan fingerprint density at radius 2 is 0.597 bits per heavy atom. The quantitative estimate of drug-likeness (QED) is 0.0205. The van der Waals surface area contributed by atoms with Gasteiger partial charge in [-0.25, -0.2) is 4.57 Å². The minimum absolute atomic E-state index is 0.00351. The van der Waals surface area contributed by atoms with Crippen LogP contribution in [-0.2, 0) is 128 Å². The van der Waals surface area contributed by atoms with Crippen molar-refractivity contribution in [2.24, 2.45) is 0 Å². The van der Waals surface area contributed by atoms with E-state index in [9.17, 15) is 98.6 Å². The molecule has 16 unspecified atom stereocenters. The number of hydrogen-bond donors (Lipinski definition) is 19. The number of nitrogens with one attached hydrogen (secondary N) is 9. The van der Waals surface area contributed by atoms with Gasteiger partial charge in [0, 0.05) is 79.7 Å². The maximum atomic E-state index is 14.4. The Bertz CT molecular complexity index is 3050. The van der Waals surface area contributed by atoms with Gasteiger partial charge in [-0.1, -0.05) is 57.8 Å². The summed E-state index contributed by atoms with van der Waals surface area (Å²) in [5.41, 5.74) is 0. The fourth-order valence-electron chi connectivity index (χ4n) is 13.4. The molecule has 0 aromatic heterocycles. The van der Waals surface area contributed by atoms with Crippen molar-refractivity contribution < 1.29 is 179 Å². The summed E-state index contributed by atoms with van der Waals surface area (Å²) in [4.78, 5) is 125. The Morgan fingerprint density at radius 3 is 0.930 bits per heavy atom. The van der Waals surface area contributed by atoms with Gasteiger partial charge in [0.15, 0.2) is 18.9 Å². The lowest BCUT2D eigenvalue weighted by molar-refractivity contribution is -0.272. The van der Waals surface area contributed by atoms with Gasteiger partial charge in [-0.2, -0.15) is 0 Å². The standard InChI is InChI=1S/C82H152N9O37P/c1-57(95)87-69-75(105)72(102)62(54-92)126-80(69)122-51-48-119-45-42-116-39-36-113-33-25-66(99)84-29-19-15-22-60(78(108)86-31-18-11-9-7-5-6-8-10-14-24-65(98)83-28-17-12-13-21-32-125-129(110,111)112-4)91-79(109)61(90-68(101)27-35-115-38-41-118-44-47-121-50-53-124-82-71(89-59(3)97)77(107)74(104)64(56-94)128-82)23-16-20-30-85-67(100)26-34-114-37-40-117-43-46-120-49-52-123-81-70(88-58(2)96)76(106)73(103)63(55-93)127-81/h60-64,69-77,80-82,92-94,102-107H,5-56H2,1-4H3,(H,83,98)(H,84,99)(H,85,100)(H,86,108)(H,87,95)(H,88,96)(H,89,97)(H,90,101)(H,91,109)(H,110,111)/t60-,61-,62?,63?,64?,69?,70?,71?,72?,73?,74?,75?,76?,77?,80?,81?,82?/m0/s1. The molecule has 19 N–H and O–H groups in total. The van der Waals surface area contributed by atoms with E-state index in [-0.39, 0.29) is 208 Å². The molecule has 0 radical (unpaired) electrons. The van der Waals surface area contributed by atoms with Crippen LogP contribution in [0, 0.1) is 0 Å². The summed E-state index contributed by atoms with van der Waals surface area (Å²) in [5, 5.41) is 116. The number of aliphatic hydroxyl groups excluding tert-OH is 9. The minimum Gasteiger partial charge on any atom is -0.394 e. The molecule has 9 amide bonds. The van der Waals surface area contributed by atoms with E-state index < -0.39 is 167 Å². The summed E-state index contributed by atoms with van der Waals surface area (Å²) < 4.78 is 104. The fourth-order valence-corrected chi connectivity index (χ4v) is 13.9. The summed E-state index contributed by atoms with van der Waals surface area (Å²) >= 11 is 0. The number of amides is 9. The topological polar surface area (TPSA) is 638 Å². The van der Waals surface area contributed by atoms with Crippen LogP contribution in [0.2, 0.25) is 0 Å². The van der Waals surface area contributed by atoms with Crippen LogP contribution in [-0.4, -0.2) is 406 Å². The van der Waals surface area contributed by atoms with Gasteiger partial charge in [0.05, 0.1) is 165 Å². The lowest BCUT2D eigenvalue weighted by atomic mass is 9.97. The number of phosphoric ester groups is 1. The highest BCUT2D eigenvalue weighted by Gasteiger charge is 2.48. The molecule has 3 fully saturated rings. The second-order valence-electron chi connectivity index (χ2n) is 31.0. The molecule has 0 aliphatic carbocycles. The van der Waals surface area contributed by atoms with Gasteiger partial charge in [0.1, 0.15) is 85.1 Å². The molecular weight excluding hydrogens is 1730 g/mol. The summed E-state index contributed by atoms with van der Waals surface area (Å²) in [6.07, 6.45) is -2.07. The van der Waals surface area contributed by atoms with Crippen LogP contribution < -0.4 is 47.9 Å². The van der Waals surface area contributed by atoms with Crippen LogP contribution in [0.25, 0.3) is 0 Å². The van der Waals surface area contributed by atoms with Gasteiger partial charge in [-0.05, 0) is 64.2 Å². The van der Waals surface area contributed by atoms with Crippen molar-refractivity contribution in [1.29, 1.82) is 0 Å². The number of phosphoric acid groups is 1. The number of carbonyl (C=O) groups excluding carboxylic acids is 9. The van der Waals surface area contributed by atoms with E-state index in [4.69, 9.17) is 75.6 Å². The van der Waals surface area contributed by atoms with Gasteiger partial charge in [0.25, 0.3) is 0 Å². The average Bonchev–Trinajstić information content (AvgIpc) is 0.817. The largest absolute Gasteiger partial charge is 0.471 e. The number of aliphatic hydroxyl groups is 9. The molecule has 3 aliphatic heterocycles. The van der Waals surface area contributed by atoms with Crippen LogP contribution in [0.5, 0.6) is 0 Å². The summed E-state index contributed by atoms with van der Waals surface area (Å²) in [6.45, 7) is 5.92. The molecule has 0 aromatic rings. The third-order valence-electron chi connectivity index (χ3n) is 20.5. The van der Waals surface area contributed by atoms with E-state index in [0.29, 0.717) is 58.0 Å². The fraction of sp³-hybridized carbons (Fsp3) is 0.890. The normalized spacial score (nSPS) is 23.1. The van der Waals surface area contributed by atoms with Crippen molar-refractivity contribution in [3.63, 3.8) is 0 Å². The third kappa shape index (κ3) is 55.1. The lowest BCUT2D eigenvalue weighted by Gasteiger charge is -2.42. The molecule has 18 atom stereocenters. The zero-order chi connectivity index (χ0) is 94.7. The molecule has 46 nitrogen and oxygen atoms in total. The highest BCUT2D eigenvalue weighted by atomic mass is 31.2. The summed E-state index contributed by atoms with van der Waals surface area (Å²) in [6, 6.07) is -5.43. The number of carbonyl (C=O) groups is 9. The molecule has 129 heavy (non-hydrogen) atoms. The van der Waals surface area contributed by atoms with Crippen molar-refractivity contribution in [2.45, 2.75) is 272 Å². The molecule has 3 saturated heterocycles. The zero-order valence-electron chi connectivity index (χ0n) is 75.5. The van der Waals surface area contributed by atoms with Gasteiger partial charge >= 0.3 is 7.82 Å². The van der Waals surface area contributed by atoms with Gasteiger partial charge in [-0.15, -0.1) is 0 Å². The second-order valence-corrected chi connectivity index (χ2v) is 32.6. The Morgan fingerprint density at radius 1 is 0.318 bits per heavy atom. The minimum atomic E-state index is -3.97. The van der Waals surface area contributed by atoms with Crippen LogP contribution in [0.4, 0.5) is 0 Å². The molecule has 0 aromatic carbocycles. The molecule has 752 valence electrons. The first-order chi connectivity index (χ1) is 62.2. The first-order valence-electron chi connectivity index (χ1n) is 45.1. The van der Waals surface area contributed by atoms with Gasteiger partial charge < -0.3 is 170 Å². The van der Waals surface area contributed by atoms with Gasteiger partial charge in [-0.3, -0.25) is 52.2 Å². The second kappa shape index (κ2) is 73.7. The van der Waals surface area contributed by atoms with Crippen molar-refractivity contribution in [3.05, 3.63) is 0 Å². The highest BCUT2D eigenvalue weighted by Crippen LogP contribution is 2.42. The number of unbranched alkanes of at least 4 members (excludes halogenated alkanes) is 13. The van der Waals surface area contributed by atoms with Crippen molar-refractivity contribution >= 4 is 61.0 Å². The zero-order valence-corrected chi connectivity index (χ0v) is 76.4. The van der Waals surface area contributed by atoms with E-state index in [2.05, 4.69) is 52.4 Å². The average molecular weight is 1890 g/mol. The highest BCUT2D eigenvalue weighted by molar-refractivity contribution is 7.47. The first kappa shape index (κ1) is 118. The van der Waals surface area contributed by atoms with Gasteiger partial charge in [0.2, 0.25) is 53.2 Å². The monoisotopic (exact) mass is 1890 g/mol. The molecule has 3 heterocycles. The maximum absolute atomic E-state index is 14.4. The first-order valence-corrected chi connectivity index (χ1v) is 46.6. The number of ether oxygens (including phenoxy) is 15. The van der Waals surface area contributed by atoms with E-state index in [0.717, 1.165) is 77.7 Å². The molecular formula is C82H152N9O37P. The molecule has 3 rings (SSSR count). The predicted molar refractivity (Wildman–Crippen MR) is 456 cm³/mol. The van der Waals surface area contributed by atoms with Crippen LogP contribution in [0.1, 0.15) is 168 Å². The summed E-state index contributed by atoms with van der Waals surface area (Å²) in [7, 11) is -2.86. The van der Waals surface area contributed by atoms with Crippen molar-refractivity contribution in [1.82, 2.24) is 47.9 Å². The lowest BCUT2D eigenvalue weighted by Crippen LogP contribution is -2.64. The Labute approximate surface area is 755 Å². The SMILES string of the molecule is COP(=O)(O)OCCCCCCNC(=O)CCCCCCCCCCCNC(=O)[C@H](CCCCNC(=O)CCOCCOCCOCCOC1OC(CO)C(O)C(O)C1NC(C)=O)NC(=O)[C@H](CCCCNC(=O)CCOCCOCCOCCOC1OC(CO)C(O)C(O)C1NC(C)=O)NC(=O)CCOCCOCCOCCOC1OC(CO)C(O)C(O)C1NC(C)=O. The van der Waals surface area contributed by atoms with Crippen molar-refractivity contribution in [3.8, 4) is 0 Å².